The second-order valence-electron chi connectivity index (χ2n) is 8.42. The van der Waals surface area contributed by atoms with Crippen molar-refractivity contribution in [2.24, 2.45) is 0 Å². The average molecular weight is 501 g/mol. The van der Waals surface area contributed by atoms with Crippen LogP contribution in [0.4, 0.5) is 11.4 Å². The Hall–Kier alpha value is -3.84. The van der Waals surface area contributed by atoms with E-state index < -0.39 is 17.8 Å². The number of anilines is 2. The van der Waals surface area contributed by atoms with E-state index in [4.69, 9.17) is 4.74 Å². The van der Waals surface area contributed by atoms with Crippen LogP contribution in [0.2, 0.25) is 0 Å². The summed E-state index contributed by atoms with van der Waals surface area (Å²) in [6.45, 7) is 6.33. The first-order chi connectivity index (χ1) is 17.4. The number of aryl methyl sites for hydroxylation is 2. The van der Waals surface area contributed by atoms with Gasteiger partial charge in [0.15, 0.2) is 0 Å². The maximum Gasteiger partial charge on any atom is 0.338 e. The van der Waals surface area contributed by atoms with Crippen LogP contribution in [0.15, 0.2) is 88.3 Å². The third-order valence-corrected chi connectivity index (χ3v) is 6.80. The number of nitrogens with zero attached hydrogens (tertiary/aromatic N) is 1. The molecule has 1 aliphatic rings. The Bertz CT molecular complexity index is 1300. The minimum Gasteiger partial charge on any atom is -0.462 e. The van der Waals surface area contributed by atoms with Gasteiger partial charge in [-0.05, 0) is 73.9 Å². The fourth-order valence-corrected chi connectivity index (χ4v) is 4.59. The van der Waals surface area contributed by atoms with Gasteiger partial charge in [-0.1, -0.05) is 55.4 Å². The van der Waals surface area contributed by atoms with Gasteiger partial charge in [0.1, 0.15) is 10.6 Å². The average Bonchev–Trinajstić information content (AvgIpc) is 3.12. The van der Waals surface area contributed by atoms with Crippen LogP contribution in [-0.2, 0) is 20.7 Å². The molecule has 0 atom stereocenters. The van der Waals surface area contributed by atoms with Crippen LogP contribution in [0.25, 0.3) is 0 Å². The quantitative estimate of drug-likeness (QED) is 0.282. The summed E-state index contributed by atoms with van der Waals surface area (Å²) in [4.78, 5) is 41.5. The highest BCUT2D eigenvalue weighted by Crippen LogP contribution is 2.38. The monoisotopic (exact) mass is 500 g/mol. The highest BCUT2D eigenvalue weighted by atomic mass is 32.2. The van der Waals surface area contributed by atoms with Gasteiger partial charge in [-0.25, -0.2) is 9.69 Å². The summed E-state index contributed by atoms with van der Waals surface area (Å²) in [5.41, 5.74) is 3.98. The highest BCUT2D eigenvalue weighted by Gasteiger charge is 2.40. The molecule has 6 nitrogen and oxygen atoms in total. The summed E-state index contributed by atoms with van der Waals surface area (Å²) in [7, 11) is 0. The van der Waals surface area contributed by atoms with Gasteiger partial charge in [-0.3, -0.25) is 9.59 Å². The molecular weight excluding hydrogens is 472 g/mol. The Morgan fingerprint density at radius 3 is 2.17 bits per heavy atom. The zero-order chi connectivity index (χ0) is 25.7. The van der Waals surface area contributed by atoms with E-state index in [1.807, 2.05) is 62.4 Å². The third-order valence-electron chi connectivity index (χ3n) is 5.71. The summed E-state index contributed by atoms with van der Waals surface area (Å²) in [5.74, 6) is -1.30. The number of esters is 1. The molecule has 36 heavy (non-hydrogen) atoms. The zero-order valence-corrected chi connectivity index (χ0v) is 21.4. The van der Waals surface area contributed by atoms with Crippen molar-refractivity contribution < 1.29 is 19.1 Å². The van der Waals surface area contributed by atoms with Crippen LogP contribution >= 0.6 is 11.8 Å². The number of amides is 2. The van der Waals surface area contributed by atoms with Gasteiger partial charge in [-0.15, -0.1) is 0 Å². The maximum atomic E-state index is 13.5. The fourth-order valence-electron chi connectivity index (χ4n) is 3.67. The molecule has 0 saturated carbocycles. The summed E-state index contributed by atoms with van der Waals surface area (Å²) in [5, 5.41) is 3.18. The second-order valence-corrected chi connectivity index (χ2v) is 9.51. The molecule has 0 radical (unpaired) electrons. The fraction of sp³-hybridized carbons (Fsp3) is 0.207. The Kier molecular flexibility index (Phi) is 7.90. The first-order valence-electron chi connectivity index (χ1n) is 11.9. The number of carbonyl (C=O) groups excluding carboxylic acids is 3. The van der Waals surface area contributed by atoms with Crippen molar-refractivity contribution >= 4 is 40.9 Å². The molecule has 4 rings (SSSR count). The molecule has 0 bridgehead atoms. The molecule has 0 aliphatic carbocycles. The van der Waals surface area contributed by atoms with Gasteiger partial charge < -0.3 is 10.1 Å². The van der Waals surface area contributed by atoms with Crippen molar-refractivity contribution in [2.75, 3.05) is 16.8 Å². The van der Waals surface area contributed by atoms with E-state index in [0.29, 0.717) is 22.8 Å². The minimum absolute atomic E-state index is 0.223. The van der Waals surface area contributed by atoms with Gasteiger partial charge in [0, 0.05) is 10.6 Å². The SMILES string of the molecule is CCCOC(=O)c1ccc(N2C(=O)C(Nc3ccc(CC)cc3)=C(Sc3ccc(C)cc3)C2=O)cc1. The number of hydrogen-bond donors (Lipinski definition) is 1. The Morgan fingerprint density at radius 1 is 0.889 bits per heavy atom. The van der Waals surface area contributed by atoms with Gasteiger partial charge in [0.2, 0.25) is 0 Å². The van der Waals surface area contributed by atoms with Gasteiger partial charge in [0.25, 0.3) is 11.8 Å². The molecule has 3 aromatic rings. The molecule has 0 aromatic heterocycles. The number of hydrogen-bond acceptors (Lipinski definition) is 6. The predicted molar refractivity (Wildman–Crippen MR) is 143 cm³/mol. The lowest BCUT2D eigenvalue weighted by Crippen LogP contribution is -2.32. The molecule has 0 unspecified atom stereocenters. The molecule has 7 heteroatoms. The molecule has 1 heterocycles. The Balaban J connectivity index is 1.65. The minimum atomic E-state index is -0.449. The van der Waals surface area contributed by atoms with Crippen molar-refractivity contribution in [3.05, 3.63) is 100 Å². The number of nitrogens with one attached hydrogen (secondary N) is 1. The number of thioether (sulfide) groups is 1. The largest absolute Gasteiger partial charge is 0.462 e. The van der Waals surface area contributed by atoms with E-state index in [9.17, 15) is 14.4 Å². The maximum absolute atomic E-state index is 13.5. The van der Waals surface area contributed by atoms with Crippen LogP contribution in [0.3, 0.4) is 0 Å². The van der Waals surface area contributed by atoms with Gasteiger partial charge in [-0.2, -0.15) is 0 Å². The summed E-state index contributed by atoms with van der Waals surface area (Å²) < 4.78 is 5.17. The third kappa shape index (κ3) is 5.52. The Labute approximate surface area is 215 Å². The van der Waals surface area contributed by atoms with Crippen molar-refractivity contribution in [3.63, 3.8) is 0 Å². The molecule has 184 valence electrons. The normalized spacial score (nSPS) is 13.4. The number of ether oxygens (including phenoxy) is 1. The van der Waals surface area contributed by atoms with Crippen LogP contribution in [0.1, 0.15) is 41.8 Å². The molecule has 0 spiro atoms. The van der Waals surface area contributed by atoms with E-state index in [1.54, 1.807) is 24.3 Å². The van der Waals surface area contributed by atoms with E-state index in [2.05, 4.69) is 12.2 Å². The molecular formula is C29H28N2O4S. The van der Waals surface area contributed by atoms with Crippen molar-refractivity contribution in [2.45, 2.75) is 38.5 Å². The van der Waals surface area contributed by atoms with E-state index in [1.165, 1.54) is 17.3 Å². The van der Waals surface area contributed by atoms with Crippen LogP contribution in [0.5, 0.6) is 0 Å². The van der Waals surface area contributed by atoms with Crippen molar-refractivity contribution in [1.82, 2.24) is 0 Å². The number of rotatable bonds is 9. The summed E-state index contributed by atoms with van der Waals surface area (Å²) in [6.07, 6.45) is 1.63. The molecule has 1 aliphatic heterocycles. The van der Waals surface area contributed by atoms with Gasteiger partial charge >= 0.3 is 5.97 Å². The lowest BCUT2D eigenvalue weighted by Gasteiger charge is -2.16. The zero-order valence-electron chi connectivity index (χ0n) is 20.5. The highest BCUT2D eigenvalue weighted by molar-refractivity contribution is 8.04. The first kappa shape index (κ1) is 25.3. The summed E-state index contributed by atoms with van der Waals surface area (Å²) in [6, 6.07) is 21.9. The Morgan fingerprint density at radius 2 is 1.56 bits per heavy atom. The number of imide groups is 1. The standard InChI is InChI=1S/C29H28N2O4S/c1-4-18-35-29(34)21-10-14-23(15-11-21)31-27(32)25(30-22-12-8-20(5-2)9-13-22)26(28(31)33)36-24-16-6-19(3)7-17-24/h6-17,30H,4-5,18H2,1-3H3. The second kappa shape index (κ2) is 11.3. The molecule has 0 fully saturated rings. The van der Waals surface area contributed by atoms with Crippen molar-refractivity contribution in [1.29, 1.82) is 0 Å². The van der Waals surface area contributed by atoms with E-state index >= 15 is 0 Å². The lowest BCUT2D eigenvalue weighted by atomic mass is 10.1. The van der Waals surface area contributed by atoms with Crippen LogP contribution < -0.4 is 10.2 Å². The molecule has 0 saturated heterocycles. The summed E-state index contributed by atoms with van der Waals surface area (Å²) >= 11 is 1.25. The van der Waals surface area contributed by atoms with E-state index in [-0.39, 0.29) is 5.70 Å². The molecule has 3 aromatic carbocycles. The van der Waals surface area contributed by atoms with Crippen molar-refractivity contribution in [3.8, 4) is 0 Å². The predicted octanol–water partition coefficient (Wildman–Crippen LogP) is 6.11. The van der Waals surface area contributed by atoms with Crippen LogP contribution in [-0.4, -0.2) is 24.4 Å². The topological polar surface area (TPSA) is 75.7 Å². The smallest absolute Gasteiger partial charge is 0.338 e. The van der Waals surface area contributed by atoms with Crippen LogP contribution in [0, 0.1) is 6.92 Å². The number of benzene rings is 3. The lowest BCUT2D eigenvalue weighted by molar-refractivity contribution is -0.120. The molecule has 1 N–H and O–H groups in total. The number of carbonyl (C=O) groups is 3. The van der Waals surface area contributed by atoms with Gasteiger partial charge in [0.05, 0.1) is 17.9 Å². The first-order valence-corrected chi connectivity index (χ1v) is 12.7. The van der Waals surface area contributed by atoms with E-state index in [0.717, 1.165) is 33.9 Å². The molecule has 2 amide bonds.